The minimum Gasteiger partial charge on any atom is -0.299 e. The normalized spacial score (nSPS) is 21.4. The highest BCUT2D eigenvalue weighted by Crippen LogP contribution is 2.45. The van der Waals surface area contributed by atoms with Gasteiger partial charge in [-0.3, -0.25) is 10.6 Å². The van der Waals surface area contributed by atoms with Crippen LogP contribution in [0.4, 0.5) is 0 Å². The van der Waals surface area contributed by atoms with Gasteiger partial charge in [0.25, 0.3) is 0 Å². The second-order valence-corrected chi connectivity index (χ2v) is 9.31. The molecule has 3 unspecified atom stereocenters. The summed E-state index contributed by atoms with van der Waals surface area (Å²) in [6.45, 7) is 12.2. The van der Waals surface area contributed by atoms with Crippen LogP contribution in [0, 0.1) is 28.6 Å². The van der Waals surface area contributed by atoms with Crippen LogP contribution in [0.1, 0.15) is 92.9 Å². The number of Topliss-reactive ketones (excluding diaryl/α,β-unsaturated/α-hetero) is 1. The average molecular weight is 392 g/mol. The van der Waals surface area contributed by atoms with E-state index in [2.05, 4.69) is 38.9 Å². The number of carbonyl (C=O) groups is 1. The molecule has 1 saturated carbocycles. The molecule has 28 heavy (non-hydrogen) atoms. The van der Waals surface area contributed by atoms with E-state index in [9.17, 15) is 10.1 Å². The number of hydrazine groups is 1. The molecule has 0 saturated heterocycles. The molecule has 6 heteroatoms. The first-order valence-electron chi connectivity index (χ1n) is 11.0. The molecule has 0 spiro atoms. The van der Waals surface area contributed by atoms with Crippen LogP contribution in [0.2, 0.25) is 0 Å². The average Bonchev–Trinajstić information content (AvgIpc) is 2.62. The van der Waals surface area contributed by atoms with E-state index >= 15 is 0 Å². The molecule has 0 amide bonds. The van der Waals surface area contributed by atoms with Gasteiger partial charge < -0.3 is 0 Å². The highest BCUT2D eigenvalue weighted by atomic mass is 16.1. The van der Waals surface area contributed by atoms with Crippen LogP contribution >= 0.6 is 0 Å². The van der Waals surface area contributed by atoms with Crippen molar-refractivity contribution in [2.24, 2.45) is 33.3 Å². The van der Waals surface area contributed by atoms with Crippen molar-refractivity contribution < 1.29 is 4.79 Å². The minimum atomic E-state index is -0.766. The van der Waals surface area contributed by atoms with E-state index in [1.165, 1.54) is 6.42 Å². The maximum absolute atomic E-state index is 11.8. The number of rotatable bonds is 11. The number of carbonyl (C=O) groups excluding carboxylic acids is 1. The number of azo groups is 1. The fraction of sp³-hybridized carbons (Fsp3) is 0.909. The smallest absolute Gasteiger partial charge is 0.148 e. The second-order valence-electron chi connectivity index (χ2n) is 9.31. The van der Waals surface area contributed by atoms with Crippen LogP contribution in [0.3, 0.4) is 0 Å². The van der Waals surface area contributed by atoms with Crippen molar-refractivity contribution in [3.63, 3.8) is 0 Å². The molecule has 0 radical (unpaired) electrons. The predicted octanol–water partition coefficient (Wildman–Crippen LogP) is 5.24. The van der Waals surface area contributed by atoms with E-state index < -0.39 is 5.66 Å². The molecule has 0 aliphatic heterocycles. The van der Waals surface area contributed by atoms with Gasteiger partial charge >= 0.3 is 0 Å². The predicted molar refractivity (Wildman–Crippen MR) is 113 cm³/mol. The van der Waals surface area contributed by atoms with Gasteiger partial charge in [-0.15, -0.1) is 0 Å². The van der Waals surface area contributed by atoms with E-state index in [4.69, 9.17) is 11.0 Å². The van der Waals surface area contributed by atoms with Crippen molar-refractivity contribution in [1.82, 2.24) is 5.01 Å². The lowest BCUT2D eigenvalue weighted by Gasteiger charge is -2.44. The maximum atomic E-state index is 11.8. The van der Waals surface area contributed by atoms with Gasteiger partial charge in [0.15, 0.2) is 0 Å². The maximum Gasteiger partial charge on any atom is 0.148 e. The highest BCUT2D eigenvalue weighted by molar-refractivity contribution is 5.77. The Hall–Kier alpha value is -1.32. The second kappa shape index (κ2) is 11.0. The molecule has 2 N–H and O–H groups in total. The Morgan fingerprint density at radius 3 is 2.32 bits per heavy atom. The monoisotopic (exact) mass is 391 g/mol. The van der Waals surface area contributed by atoms with Gasteiger partial charge in [0.05, 0.1) is 24.1 Å². The summed E-state index contributed by atoms with van der Waals surface area (Å²) in [5.41, 5.74) is -1.08. The summed E-state index contributed by atoms with van der Waals surface area (Å²) in [7, 11) is 0. The standard InChI is InChI=1S/C22H41N5O/c1-7-22(27(24)15-20(6)28,26-25-19(5)13-17(2)3)18(4)14-21(16-23)11-9-8-10-12-21/h17-19H,7-15,24H2,1-6H3. The SMILES string of the molecule is CCC(N=NC(C)CC(C)C)(C(C)CC1(C#N)CCCCC1)N(N)CC(C)=O. The van der Waals surface area contributed by atoms with Crippen molar-refractivity contribution in [1.29, 1.82) is 5.26 Å². The van der Waals surface area contributed by atoms with Gasteiger partial charge in [-0.25, -0.2) is 5.01 Å². The van der Waals surface area contributed by atoms with E-state index in [0.29, 0.717) is 12.3 Å². The van der Waals surface area contributed by atoms with Crippen molar-refractivity contribution in [2.75, 3.05) is 6.54 Å². The fourth-order valence-electron chi connectivity index (χ4n) is 4.71. The lowest BCUT2D eigenvalue weighted by Crippen LogP contribution is -2.57. The van der Waals surface area contributed by atoms with Crippen molar-refractivity contribution >= 4 is 5.78 Å². The van der Waals surface area contributed by atoms with Gasteiger partial charge in [0, 0.05) is 0 Å². The molecular weight excluding hydrogens is 350 g/mol. The van der Waals surface area contributed by atoms with Crippen LogP contribution in [-0.4, -0.2) is 29.0 Å². The van der Waals surface area contributed by atoms with Crippen LogP contribution in [0.5, 0.6) is 0 Å². The molecule has 1 aliphatic carbocycles. The topological polar surface area (TPSA) is 94.8 Å². The highest BCUT2D eigenvalue weighted by Gasteiger charge is 2.45. The lowest BCUT2D eigenvalue weighted by atomic mass is 9.68. The van der Waals surface area contributed by atoms with Crippen LogP contribution in [0.15, 0.2) is 10.2 Å². The van der Waals surface area contributed by atoms with Crippen molar-refractivity contribution in [3.8, 4) is 6.07 Å². The summed E-state index contributed by atoms with van der Waals surface area (Å²) >= 11 is 0. The number of ketones is 1. The molecule has 0 aromatic heterocycles. The van der Waals surface area contributed by atoms with Gasteiger partial charge in [0.2, 0.25) is 0 Å². The number of nitrogens with two attached hydrogens (primary N) is 1. The first-order valence-corrected chi connectivity index (χ1v) is 11.0. The van der Waals surface area contributed by atoms with Gasteiger partial charge in [-0.1, -0.05) is 47.0 Å². The third-order valence-corrected chi connectivity index (χ3v) is 6.19. The molecule has 1 fully saturated rings. The number of nitriles is 1. The Morgan fingerprint density at radius 2 is 1.86 bits per heavy atom. The molecule has 0 aromatic rings. The van der Waals surface area contributed by atoms with Crippen LogP contribution in [-0.2, 0) is 4.79 Å². The van der Waals surface area contributed by atoms with E-state index in [-0.39, 0.29) is 29.7 Å². The number of nitrogens with zero attached hydrogens (tertiary/aromatic N) is 4. The molecule has 1 aliphatic rings. The molecule has 0 aromatic carbocycles. The zero-order valence-electron chi connectivity index (χ0n) is 18.9. The van der Waals surface area contributed by atoms with E-state index in [1.807, 2.05) is 6.92 Å². The first-order chi connectivity index (χ1) is 13.1. The van der Waals surface area contributed by atoms with Crippen molar-refractivity contribution in [2.45, 2.75) is 105 Å². The van der Waals surface area contributed by atoms with E-state index in [0.717, 1.165) is 38.5 Å². The zero-order chi connectivity index (χ0) is 21.4. The molecular formula is C22H41N5O. The molecule has 0 heterocycles. The van der Waals surface area contributed by atoms with E-state index in [1.54, 1.807) is 11.9 Å². The molecule has 6 nitrogen and oxygen atoms in total. The number of hydrogen-bond acceptors (Lipinski definition) is 6. The lowest BCUT2D eigenvalue weighted by molar-refractivity contribution is -0.121. The minimum absolute atomic E-state index is 0.00520. The fourth-order valence-corrected chi connectivity index (χ4v) is 4.71. The Balaban J connectivity index is 3.17. The summed E-state index contributed by atoms with van der Waals surface area (Å²) < 4.78 is 0. The van der Waals surface area contributed by atoms with Gasteiger partial charge in [-0.2, -0.15) is 15.5 Å². The third kappa shape index (κ3) is 6.63. The summed E-state index contributed by atoms with van der Waals surface area (Å²) in [5, 5.41) is 20.9. The van der Waals surface area contributed by atoms with Gasteiger partial charge in [0.1, 0.15) is 11.4 Å². The quantitative estimate of drug-likeness (QED) is 0.296. The summed E-state index contributed by atoms with van der Waals surface area (Å²) in [6, 6.07) is 2.72. The summed E-state index contributed by atoms with van der Waals surface area (Å²) in [5.74, 6) is 6.99. The van der Waals surface area contributed by atoms with Crippen LogP contribution < -0.4 is 5.84 Å². The van der Waals surface area contributed by atoms with Crippen LogP contribution in [0.25, 0.3) is 0 Å². The molecule has 1 rings (SSSR count). The third-order valence-electron chi connectivity index (χ3n) is 6.19. The largest absolute Gasteiger partial charge is 0.299 e. The Kier molecular flexibility index (Phi) is 9.73. The number of hydrogen-bond donors (Lipinski definition) is 1. The summed E-state index contributed by atoms with van der Waals surface area (Å²) in [4.78, 5) is 11.8. The summed E-state index contributed by atoms with van der Waals surface area (Å²) in [6.07, 6.45) is 7.63. The molecule has 160 valence electrons. The van der Waals surface area contributed by atoms with Gasteiger partial charge in [-0.05, 0) is 57.8 Å². The Morgan fingerprint density at radius 1 is 1.25 bits per heavy atom. The molecule has 3 atom stereocenters. The molecule has 0 bridgehead atoms. The zero-order valence-corrected chi connectivity index (χ0v) is 18.9. The Bertz CT molecular complexity index is 562. The first kappa shape index (κ1) is 24.7. The Labute approximate surface area is 171 Å². The van der Waals surface area contributed by atoms with Crippen molar-refractivity contribution in [3.05, 3.63) is 0 Å².